The predicted octanol–water partition coefficient (Wildman–Crippen LogP) is 27.8. The summed E-state index contributed by atoms with van der Waals surface area (Å²) in [7, 11) is 0. The van der Waals surface area contributed by atoms with Gasteiger partial charge in [0.2, 0.25) is 0 Å². The molecule has 564 valence electrons. The lowest BCUT2D eigenvalue weighted by Gasteiger charge is -2.45. The number of fused-ring (bicyclic) bond motifs is 10. The maximum atomic E-state index is 10.0. The van der Waals surface area contributed by atoms with Crippen molar-refractivity contribution in [2.24, 2.45) is 16.2 Å². The van der Waals surface area contributed by atoms with Crippen LogP contribution in [0.5, 0.6) is 0 Å². The maximum absolute atomic E-state index is 10.0. The van der Waals surface area contributed by atoms with E-state index in [-0.39, 0.29) is 97.3 Å². The molecule has 0 saturated heterocycles. The molecule has 0 amide bonds. The molecule has 0 saturated carbocycles. The van der Waals surface area contributed by atoms with Gasteiger partial charge in [0, 0.05) is 72.3 Å². The highest BCUT2D eigenvalue weighted by Gasteiger charge is 2.46. The van der Waals surface area contributed by atoms with Crippen molar-refractivity contribution in [3.8, 4) is 33.6 Å². The maximum Gasteiger partial charge on any atom is 0.252 e. The number of nitrogens with zero attached hydrogens (tertiary/aromatic N) is 4. The highest BCUT2D eigenvalue weighted by atomic mass is 15.2. The van der Waals surface area contributed by atoms with Crippen molar-refractivity contribution < 1.29 is 16.4 Å². The molecular weight excluding hydrogens is 1330 g/mol. The molecule has 0 N–H and O–H groups in total. The molecule has 0 atom stereocenters. The van der Waals surface area contributed by atoms with Gasteiger partial charge in [-0.2, -0.15) is 0 Å². The van der Waals surface area contributed by atoms with Crippen molar-refractivity contribution >= 4 is 101 Å². The van der Waals surface area contributed by atoms with Crippen molar-refractivity contribution in [3.05, 3.63) is 256 Å². The van der Waals surface area contributed by atoms with Gasteiger partial charge >= 0.3 is 0 Å². The van der Waals surface area contributed by atoms with Gasteiger partial charge in [-0.25, -0.2) is 0 Å². The lowest BCUT2D eigenvalue weighted by molar-refractivity contribution is 0.411. The van der Waals surface area contributed by atoms with Gasteiger partial charge in [-0.15, -0.1) is 0 Å². The number of rotatable bonds is 9. The summed E-state index contributed by atoms with van der Waals surface area (Å²) in [5, 5.41) is 1.58. The second kappa shape index (κ2) is 26.1. The molecule has 15 rings (SSSR count). The van der Waals surface area contributed by atoms with E-state index in [1.54, 1.807) is 12.1 Å². The van der Waals surface area contributed by atoms with Crippen molar-refractivity contribution in [3.63, 3.8) is 0 Å². The van der Waals surface area contributed by atoms with Crippen molar-refractivity contribution in [1.29, 1.82) is 0 Å². The normalized spacial score (nSPS) is 15.8. The molecule has 110 heavy (non-hydrogen) atoms. The smallest absolute Gasteiger partial charge is 0.252 e. The van der Waals surface area contributed by atoms with Crippen molar-refractivity contribution in [2.75, 3.05) is 9.80 Å². The van der Waals surface area contributed by atoms with E-state index in [0.717, 1.165) is 89.5 Å². The van der Waals surface area contributed by atoms with Crippen LogP contribution in [0.2, 0.25) is 0 Å². The molecule has 4 nitrogen and oxygen atoms in total. The highest BCUT2D eigenvalue weighted by Crippen LogP contribution is 2.53. The zero-order valence-corrected chi connectivity index (χ0v) is 70.6. The Hall–Kier alpha value is -9.32. The lowest BCUT2D eigenvalue weighted by Crippen LogP contribution is -2.61. The quantitative estimate of drug-likeness (QED) is 0.134. The summed E-state index contributed by atoms with van der Waals surface area (Å²) in [5.74, 6) is 0. The van der Waals surface area contributed by atoms with Gasteiger partial charge in [0.15, 0.2) is 0 Å². The highest BCUT2D eigenvalue weighted by molar-refractivity contribution is 7.00. The fourth-order valence-corrected chi connectivity index (χ4v) is 16.7. The van der Waals surface area contributed by atoms with Crippen LogP contribution in [0, 0.1) is 16.2 Å². The number of hydrogen-bond donors (Lipinski definition) is 0. The van der Waals surface area contributed by atoms with E-state index < -0.39 is 30.3 Å². The Labute approximate surface area is 677 Å². The van der Waals surface area contributed by atoms with Crippen LogP contribution in [0.15, 0.2) is 206 Å². The van der Waals surface area contributed by atoms with Crippen LogP contribution in [0.1, 0.15) is 253 Å². The third-order valence-electron chi connectivity index (χ3n) is 22.3. The van der Waals surface area contributed by atoms with Crippen LogP contribution in [0.3, 0.4) is 0 Å². The first-order valence-electron chi connectivity index (χ1n) is 45.8. The van der Waals surface area contributed by atoms with Crippen LogP contribution in [0.4, 0.5) is 34.1 Å². The van der Waals surface area contributed by atoms with Crippen molar-refractivity contribution in [2.45, 2.75) is 239 Å². The number of para-hydroxylation sites is 2. The van der Waals surface area contributed by atoms with Gasteiger partial charge in [0.1, 0.15) is 0 Å². The molecule has 2 aromatic heterocycles. The van der Waals surface area contributed by atoms with E-state index in [9.17, 15) is 16.4 Å². The molecule has 5 heteroatoms. The second-order valence-corrected chi connectivity index (χ2v) is 41.3. The average Bonchev–Trinajstić information content (AvgIpc) is 0.829. The number of hydrogen-bond acceptors (Lipinski definition) is 2. The minimum atomic E-state index is -1.85. The molecule has 2 aliphatic heterocycles. The molecule has 4 heterocycles. The molecule has 0 unspecified atom stereocenters. The molecule has 0 radical (unpaired) electrons. The average molecular weight is 1460 g/mol. The van der Waals surface area contributed by atoms with Gasteiger partial charge in [-0.3, -0.25) is 0 Å². The summed E-state index contributed by atoms with van der Waals surface area (Å²) in [6.45, 7) is 58.6. The summed E-state index contributed by atoms with van der Waals surface area (Å²) in [5.41, 5.74) is 20.7. The first-order valence-corrected chi connectivity index (χ1v) is 39.8. The van der Waals surface area contributed by atoms with Gasteiger partial charge in [-0.1, -0.05) is 296 Å². The molecule has 11 aromatic carbocycles. The Bertz CT molecular complexity index is 6100. The molecule has 13 aromatic rings. The van der Waals surface area contributed by atoms with E-state index in [2.05, 4.69) is 277 Å². The van der Waals surface area contributed by atoms with Crippen LogP contribution in [-0.2, 0) is 51.7 Å². The topological polar surface area (TPSA) is 16.3 Å². The zero-order chi connectivity index (χ0) is 89.6. The van der Waals surface area contributed by atoms with Gasteiger partial charge in [0.05, 0.1) is 44.4 Å². The zero-order valence-electron chi connectivity index (χ0n) is 82.6. The Morgan fingerprint density at radius 3 is 0.982 bits per heavy atom. The van der Waals surface area contributed by atoms with E-state index >= 15 is 0 Å². The Morgan fingerprint density at radius 2 is 0.645 bits per heavy atom. The van der Waals surface area contributed by atoms with E-state index in [0.29, 0.717) is 61.5 Å². The van der Waals surface area contributed by atoms with Crippen LogP contribution < -0.4 is 26.2 Å². The Morgan fingerprint density at radius 1 is 0.291 bits per heavy atom. The largest absolute Gasteiger partial charge is 0.311 e. The minimum Gasteiger partial charge on any atom is -0.311 e. The third kappa shape index (κ3) is 14.2. The standard InChI is InChI=1S/C105H121BN4/c1-97(2,3)62-65-36-44-90-82(48-65)78-32-28-30-34-86(78)107(90)76-40-42-84-92(60-76)109(88-46-38-70(100(10,11)12)58-80(88)68-52-72(102(16,17)18)56-73(53-68)103(19,20)21)94-50-67(64-99(7,8)9)51-95-96(94)106(84)85-43-41-77(108-87-35-31-29-33-79(87)83-49-66(37-45-91(83)108)63-98(4,5)6)61-93(85)110(95)89-47-39-71(101(13,14)15)59-81(89)69-54-74(104(22,23)24)57-75(55-69)105(25,26)27/h28-61H,62-64H2,1-27H3/i28D,29D,30D,31D,32D,33D,34D,35D,62D2,63D2. The van der Waals surface area contributed by atoms with Crippen LogP contribution in [0.25, 0.3) is 77.2 Å². The fraction of sp³-hybridized carbons (Fsp3) is 0.371. The van der Waals surface area contributed by atoms with E-state index in [1.807, 2.05) is 74.9 Å². The molecular formula is C105H121BN4. The molecule has 0 bridgehead atoms. The minimum absolute atomic E-state index is 0.217. The fourth-order valence-electron chi connectivity index (χ4n) is 16.7. The number of aromatic nitrogens is 2. The van der Waals surface area contributed by atoms with Gasteiger partial charge < -0.3 is 18.9 Å². The number of benzene rings is 11. The summed E-state index contributed by atoms with van der Waals surface area (Å²) < 4.78 is 120. The summed E-state index contributed by atoms with van der Waals surface area (Å²) in [6, 6.07) is 54.8. The van der Waals surface area contributed by atoms with Crippen LogP contribution >= 0.6 is 0 Å². The summed E-state index contributed by atoms with van der Waals surface area (Å²) >= 11 is 0. The number of anilines is 6. The van der Waals surface area contributed by atoms with E-state index in [4.69, 9.17) is 0 Å². The molecule has 0 aliphatic carbocycles. The first kappa shape index (κ1) is 62.3. The monoisotopic (exact) mass is 1460 g/mol. The van der Waals surface area contributed by atoms with Gasteiger partial charge in [0.25, 0.3) is 6.71 Å². The SMILES string of the molecule is [2H]c1c([2H])c([2H])c2c(c1[2H])c1cc(C([2H])([2H])C(C)(C)C)ccc1n2-c1ccc2c(c1)N(c1ccc(C(C)(C)C)cc1-c1cc(C(C)(C)C)cc(C(C)(C)C)c1)c1cc(CC(C)(C)C)cc3c1B2c1ccc(-n2c4ccc(C([2H])([2H])C(C)(C)C)cc4c4c([2H])c([2H])c([2H])c([2H])c42)cc1N3c1ccc(C(C)(C)C)cc1-c1cc(C(C)(C)C)cc(C(C)(C)C)c1. The Kier molecular flexibility index (Phi) is 14.8. The van der Waals surface area contributed by atoms with E-state index in [1.165, 1.54) is 22.3 Å². The van der Waals surface area contributed by atoms with Crippen LogP contribution in [-0.4, -0.2) is 15.8 Å². The first-order chi connectivity index (χ1) is 56.0. The van der Waals surface area contributed by atoms with Gasteiger partial charge in [-0.05, 0) is 243 Å². The third-order valence-corrected chi connectivity index (χ3v) is 22.3. The molecule has 2 aliphatic rings. The molecule has 0 spiro atoms. The Balaban J connectivity index is 1.16. The summed E-state index contributed by atoms with van der Waals surface area (Å²) in [6.07, 6.45) is -3.06. The molecule has 0 fully saturated rings. The second-order valence-electron chi connectivity index (χ2n) is 41.3. The lowest BCUT2D eigenvalue weighted by atomic mass is 9.33. The van der Waals surface area contributed by atoms with Crippen molar-refractivity contribution in [1.82, 2.24) is 9.13 Å². The predicted molar refractivity (Wildman–Crippen MR) is 482 cm³/mol. The summed E-state index contributed by atoms with van der Waals surface area (Å²) in [4.78, 5) is 4.99.